The van der Waals surface area contributed by atoms with Crippen molar-refractivity contribution in [3.05, 3.63) is 47.4 Å². The lowest BCUT2D eigenvalue weighted by Crippen LogP contribution is -2.13. The lowest BCUT2D eigenvalue weighted by Gasteiger charge is -2.06. The van der Waals surface area contributed by atoms with Gasteiger partial charge in [0.2, 0.25) is 0 Å². The number of nitrogens with one attached hydrogen (secondary N) is 1. The van der Waals surface area contributed by atoms with Gasteiger partial charge in [-0.3, -0.25) is 4.79 Å². The van der Waals surface area contributed by atoms with Gasteiger partial charge in [-0.25, -0.2) is 9.97 Å². The summed E-state index contributed by atoms with van der Waals surface area (Å²) in [6, 6.07) is 6.29. The number of nitrogens with two attached hydrogens (primary N) is 1. The van der Waals surface area contributed by atoms with Crippen LogP contribution in [0.3, 0.4) is 0 Å². The van der Waals surface area contributed by atoms with Gasteiger partial charge in [0.1, 0.15) is 12.1 Å². The van der Waals surface area contributed by atoms with Crippen molar-refractivity contribution in [3.8, 4) is 0 Å². The number of carbonyl (C=O) groups is 1. The number of anilines is 2. The molecule has 3 N–H and O–H groups in total. The maximum absolute atomic E-state index is 11.8. The molecule has 1 heterocycles. The van der Waals surface area contributed by atoms with Crippen molar-refractivity contribution in [3.63, 3.8) is 0 Å². The Labute approximate surface area is 103 Å². The zero-order chi connectivity index (χ0) is 12.3. The molecule has 0 aliphatic rings. The maximum Gasteiger partial charge on any atom is 0.258 e. The van der Waals surface area contributed by atoms with Crippen LogP contribution in [-0.2, 0) is 0 Å². The molecule has 0 aliphatic heterocycles. The average Bonchev–Trinajstić information content (AvgIpc) is 2.30. The lowest BCUT2D eigenvalue weighted by atomic mass is 10.2. The van der Waals surface area contributed by atoms with Crippen LogP contribution < -0.4 is 11.1 Å². The molecular formula is C11H9ClN4O. The SMILES string of the molecule is Nc1ccc(C(=O)Nc2ccncn2)c(Cl)c1. The summed E-state index contributed by atoms with van der Waals surface area (Å²) in [5.74, 6) is 0.0755. The first-order valence-electron chi connectivity index (χ1n) is 4.79. The standard InChI is InChI=1S/C11H9ClN4O/c12-9-5-7(13)1-2-8(9)11(17)16-10-3-4-14-6-15-10/h1-6H,13H2,(H,14,15,16,17). The van der Waals surface area contributed by atoms with E-state index in [9.17, 15) is 4.79 Å². The number of hydrogen-bond donors (Lipinski definition) is 2. The van der Waals surface area contributed by atoms with Gasteiger partial charge in [0.25, 0.3) is 5.91 Å². The van der Waals surface area contributed by atoms with Crippen LogP contribution in [0.15, 0.2) is 36.8 Å². The summed E-state index contributed by atoms with van der Waals surface area (Å²) in [7, 11) is 0. The topological polar surface area (TPSA) is 80.9 Å². The first-order valence-corrected chi connectivity index (χ1v) is 5.17. The van der Waals surface area contributed by atoms with Crippen LogP contribution in [0.25, 0.3) is 0 Å². The van der Waals surface area contributed by atoms with Crippen molar-refractivity contribution in [1.29, 1.82) is 0 Å². The van der Waals surface area contributed by atoms with Crippen LogP contribution in [-0.4, -0.2) is 15.9 Å². The lowest BCUT2D eigenvalue weighted by molar-refractivity contribution is 0.102. The number of amides is 1. The Morgan fingerprint density at radius 1 is 1.35 bits per heavy atom. The first-order chi connectivity index (χ1) is 8.16. The Morgan fingerprint density at radius 3 is 2.82 bits per heavy atom. The predicted molar refractivity (Wildman–Crippen MR) is 65.8 cm³/mol. The minimum atomic E-state index is -0.339. The number of hydrogen-bond acceptors (Lipinski definition) is 4. The van der Waals surface area contributed by atoms with Crippen LogP contribution >= 0.6 is 11.6 Å². The predicted octanol–water partition coefficient (Wildman–Crippen LogP) is 1.96. The summed E-state index contributed by atoms with van der Waals surface area (Å²) >= 11 is 5.92. The molecule has 2 rings (SSSR count). The summed E-state index contributed by atoms with van der Waals surface area (Å²) in [5, 5.41) is 2.91. The fourth-order valence-corrected chi connectivity index (χ4v) is 1.54. The van der Waals surface area contributed by atoms with E-state index in [1.165, 1.54) is 18.6 Å². The van der Waals surface area contributed by atoms with Crippen LogP contribution in [0.1, 0.15) is 10.4 Å². The number of nitrogen functional groups attached to an aromatic ring is 1. The highest BCUT2D eigenvalue weighted by Gasteiger charge is 2.10. The van der Waals surface area contributed by atoms with E-state index >= 15 is 0 Å². The number of rotatable bonds is 2. The van der Waals surface area contributed by atoms with E-state index < -0.39 is 0 Å². The highest BCUT2D eigenvalue weighted by atomic mass is 35.5. The second-order valence-electron chi connectivity index (χ2n) is 3.29. The molecule has 0 spiro atoms. The smallest absolute Gasteiger partial charge is 0.258 e. The third-order valence-corrected chi connectivity index (χ3v) is 2.37. The van der Waals surface area contributed by atoms with Gasteiger partial charge >= 0.3 is 0 Å². The third-order valence-electron chi connectivity index (χ3n) is 2.06. The summed E-state index contributed by atoms with van der Waals surface area (Å²) in [5.41, 5.74) is 6.40. The van der Waals surface area contributed by atoms with E-state index in [0.717, 1.165) is 0 Å². The maximum atomic E-state index is 11.8. The molecule has 86 valence electrons. The van der Waals surface area contributed by atoms with E-state index in [4.69, 9.17) is 17.3 Å². The Hall–Kier alpha value is -2.14. The number of aromatic nitrogens is 2. The molecule has 1 aromatic carbocycles. The Balaban J connectivity index is 2.21. The monoisotopic (exact) mass is 248 g/mol. The molecule has 6 heteroatoms. The molecule has 0 fully saturated rings. The van der Waals surface area contributed by atoms with Gasteiger partial charge in [0.15, 0.2) is 0 Å². The Morgan fingerprint density at radius 2 is 2.18 bits per heavy atom. The van der Waals surface area contributed by atoms with Gasteiger partial charge in [-0.1, -0.05) is 11.6 Å². The van der Waals surface area contributed by atoms with E-state index in [2.05, 4.69) is 15.3 Å². The van der Waals surface area contributed by atoms with E-state index in [1.54, 1.807) is 18.2 Å². The minimum absolute atomic E-state index is 0.302. The molecule has 0 saturated heterocycles. The first kappa shape index (κ1) is 11.3. The van der Waals surface area contributed by atoms with E-state index in [1.807, 2.05) is 0 Å². The summed E-state index contributed by atoms with van der Waals surface area (Å²) in [6.45, 7) is 0. The number of halogens is 1. The zero-order valence-electron chi connectivity index (χ0n) is 8.72. The van der Waals surface area contributed by atoms with Crippen LogP contribution in [0.4, 0.5) is 11.5 Å². The fraction of sp³-hybridized carbons (Fsp3) is 0. The normalized spacial score (nSPS) is 9.94. The zero-order valence-corrected chi connectivity index (χ0v) is 9.48. The molecule has 0 saturated carbocycles. The molecule has 5 nitrogen and oxygen atoms in total. The molecule has 0 bridgehead atoms. The molecular weight excluding hydrogens is 240 g/mol. The molecule has 1 aromatic heterocycles. The van der Waals surface area contributed by atoms with E-state index in [0.29, 0.717) is 22.1 Å². The second-order valence-corrected chi connectivity index (χ2v) is 3.70. The molecule has 0 atom stereocenters. The highest BCUT2D eigenvalue weighted by Crippen LogP contribution is 2.19. The molecule has 0 aliphatic carbocycles. The third kappa shape index (κ3) is 2.70. The number of carbonyl (C=O) groups excluding carboxylic acids is 1. The van der Waals surface area contributed by atoms with Gasteiger partial charge in [-0.2, -0.15) is 0 Å². The molecule has 2 aromatic rings. The summed E-state index contributed by atoms with van der Waals surface area (Å²) in [6.07, 6.45) is 2.88. The number of nitrogens with zero attached hydrogens (tertiary/aromatic N) is 2. The fourth-order valence-electron chi connectivity index (χ4n) is 1.26. The van der Waals surface area contributed by atoms with E-state index in [-0.39, 0.29) is 5.91 Å². The van der Waals surface area contributed by atoms with Crippen molar-refractivity contribution >= 4 is 29.0 Å². The largest absolute Gasteiger partial charge is 0.399 e. The van der Waals surface area contributed by atoms with Crippen molar-refractivity contribution in [2.75, 3.05) is 11.1 Å². The van der Waals surface area contributed by atoms with Gasteiger partial charge in [-0.15, -0.1) is 0 Å². The van der Waals surface area contributed by atoms with Crippen molar-refractivity contribution < 1.29 is 4.79 Å². The van der Waals surface area contributed by atoms with Crippen molar-refractivity contribution in [1.82, 2.24) is 9.97 Å². The van der Waals surface area contributed by atoms with Crippen LogP contribution in [0.2, 0.25) is 5.02 Å². The van der Waals surface area contributed by atoms with Gasteiger partial charge in [-0.05, 0) is 24.3 Å². The molecule has 17 heavy (non-hydrogen) atoms. The van der Waals surface area contributed by atoms with Crippen LogP contribution in [0, 0.1) is 0 Å². The van der Waals surface area contributed by atoms with Gasteiger partial charge < -0.3 is 11.1 Å². The van der Waals surface area contributed by atoms with Gasteiger partial charge in [0, 0.05) is 11.9 Å². The minimum Gasteiger partial charge on any atom is -0.399 e. The number of benzene rings is 1. The van der Waals surface area contributed by atoms with Crippen molar-refractivity contribution in [2.24, 2.45) is 0 Å². The summed E-state index contributed by atoms with van der Waals surface area (Å²) in [4.78, 5) is 19.5. The Kier molecular flexibility index (Phi) is 3.20. The second kappa shape index (κ2) is 4.80. The van der Waals surface area contributed by atoms with Crippen molar-refractivity contribution in [2.45, 2.75) is 0 Å². The Bertz CT molecular complexity index is 544. The molecule has 0 unspecified atom stereocenters. The molecule has 0 radical (unpaired) electrons. The van der Waals surface area contributed by atoms with Gasteiger partial charge in [0.05, 0.1) is 10.6 Å². The quantitative estimate of drug-likeness (QED) is 0.796. The highest BCUT2D eigenvalue weighted by molar-refractivity contribution is 6.34. The van der Waals surface area contributed by atoms with Crippen LogP contribution in [0.5, 0.6) is 0 Å². The summed E-state index contributed by atoms with van der Waals surface area (Å²) < 4.78 is 0. The molecule has 1 amide bonds. The average molecular weight is 249 g/mol.